The molecule has 2 nitrogen and oxygen atoms in total. The summed E-state index contributed by atoms with van der Waals surface area (Å²) in [6.45, 7) is 11.2. The van der Waals surface area contributed by atoms with Gasteiger partial charge in [-0.2, -0.15) is 0 Å². The number of likely N-dealkylation sites (tertiary alicyclic amines) is 1. The Bertz CT molecular complexity index is 269. The number of hydrogen-bond donors (Lipinski definition) is 1. The second-order valence-corrected chi connectivity index (χ2v) is 7.79. The second-order valence-electron chi connectivity index (χ2n) is 7.79. The van der Waals surface area contributed by atoms with Crippen molar-refractivity contribution in [1.82, 2.24) is 10.2 Å². The lowest BCUT2D eigenvalue weighted by atomic mass is 9.75. The summed E-state index contributed by atoms with van der Waals surface area (Å²) >= 11 is 0. The minimum Gasteiger partial charge on any atom is -0.317 e. The molecule has 118 valence electrons. The Morgan fingerprint density at radius 3 is 2.35 bits per heavy atom. The molecule has 1 saturated carbocycles. The molecular weight excluding hydrogens is 244 g/mol. The number of piperidine rings is 1. The topological polar surface area (TPSA) is 15.3 Å². The van der Waals surface area contributed by atoms with Crippen LogP contribution in [0.4, 0.5) is 0 Å². The molecule has 1 saturated heterocycles. The predicted octanol–water partition coefficient (Wildman–Crippen LogP) is 3.77. The van der Waals surface area contributed by atoms with Gasteiger partial charge >= 0.3 is 0 Å². The Morgan fingerprint density at radius 1 is 1.05 bits per heavy atom. The number of nitrogens with zero attached hydrogens (tertiary/aromatic N) is 1. The zero-order valence-corrected chi connectivity index (χ0v) is 14.2. The summed E-state index contributed by atoms with van der Waals surface area (Å²) in [6.07, 6.45) is 8.53. The van der Waals surface area contributed by atoms with Crippen LogP contribution in [-0.4, -0.2) is 37.6 Å². The fourth-order valence-corrected chi connectivity index (χ4v) is 4.89. The van der Waals surface area contributed by atoms with Gasteiger partial charge in [0.2, 0.25) is 0 Å². The van der Waals surface area contributed by atoms with Gasteiger partial charge in [0.1, 0.15) is 0 Å². The molecule has 5 atom stereocenters. The smallest absolute Gasteiger partial charge is 0.0105 e. The van der Waals surface area contributed by atoms with Crippen LogP contribution in [0, 0.1) is 23.7 Å². The van der Waals surface area contributed by atoms with Gasteiger partial charge < -0.3 is 10.2 Å². The molecule has 0 aromatic heterocycles. The van der Waals surface area contributed by atoms with Crippen LogP contribution in [0.1, 0.15) is 59.3 Å². The third kappa shape index (κ3) is 4.46. The van der Waals surface area contributed by atoms with E-state index in [9.17, 15) is 0 Å². The van der Waals surface area contributed by atoms with Crippen molar-refractivity contribution >= 4 is 0 Å². The van der Waals surface area contributed by atoms with Crippen molar-refractivity contribution in [1.29, 1.82) is 0 Å². The summed E-state index contributed by atoms with van der Waals surface area (Å²) in [6, 6.07) is 0.760. The van der Waals surface area contributed by atoms with Gasteiger partial charge in [0.15, 0.2) is 0 Å². The summed E-state index contributed by atoms with van der Waals surface area (Å²) in [5.41, 5.74) is 0. The molecular formula is C18H36N2. The van der Waals surface area contributed by atoms with Crippen molar-refractivity contribution in [3.63, 3.8) is 0 Å². The summed E-state index contributed by atoms with van der Waals surface area (Å²) in [4.78, 5) is 2.77. The summed E-state index contributed by atoms with van der Waals surface area (Å²) < 4.78 is 0. The standard InChI is InChI=1S/C18H36N2/c1-5-6-16-7-8-18(19-4)17(10-16)13-20-11-14(2)9-15(3)12-20/h14-19H,5-13H2,1-4H3. The second kappa shape index (κ2) is 7.79. The fraction of sp³-hybridized carbons (Fsp3) is 1.00. The van der Waals surface area contributed by atoms with Crippen molar-refractivity contribution in [3.8, 4) is 0 Å². The van der Waals surface area contributed by atoms with Crippen molar-refractivity contribution in [2.75, 3.05) is 26.7 Å². The van der Waals surface area contributed by atoms with Crippen molar-refractivity contribution in [2.45, 2.75) is 65.3 Å². The molecule has 2 heteroatoms. The van der Waals surface area contributed by atoms with Crippen LogP contribution in [0.15, 0.2) is 0 Å². The van der Waals surface area contributed by atoms with Crippen LogP contribution < -0.4 is 5.32 Å². The lowest BCUT2D eigenvalue weighted by Crippen LogP contribution is -2.48. The van der Waals surface area contributed by atoms with E-state index in [4.69, 9.17) is 0 Å². The summed E-state index contributed by atoms with van der Waals surface area (Å²) in [5, 5.41) is 3.60. The number of nitrogens with one attached hydrogen (secondary N) is 1. The predicted molar refractivity (Wildman–Crippen MR) is 88.0 cm³/mol. The van der Waals surface area contributed by atoms with Crippen LogP contribution in [0.3, 0.4) is 0 Å². The van der Waals surface area contributed by atoms with E-state index in [1.807, 2.05) is 0 Å². The zero-order valence-electron chi connectivity index (χ0n) is 14.2. The van der Waals surface area contributed by atoms with Crippen molar-refractivity contribution in [3.05, 3.63) is 0 Å². The van der Waals surface area contributed by atoms with E-state index in [-0.39, 0.29) is 0 Å². The van der Waals surface area contributed by atoms with Gasteiger partial charge in [0, 0.05) is 25.7 Å². The first kappa shape index (κ1) is 16.3. The molecule has 2 fully saturated rings. The first-order valence-corrected chi connectivity index (χ1v) is 9.01. The molecule has 0 amide bonds. The molecule has 0 aromatic carbocycles. The molecule has 1 heterocycles. The van der Waals surface area contributed by atoms with Gasteiger partial charge in [-0.05, 0) is 56.4 Å². The molecule has 0 bridgehead atoms. The Morgan fingerprint density at radius 2 is 1.75 bits per heavy atom. The summed E-state index contributed by atoms with van der Waals surface area (Å²) in [5.74, 6) is 3.65. The van der Waals surface area contributed by atoms with Crippen LogP contribution in [-0.2, 0) is 0 Å². The van der Waals surface area contributed by atoms with Crippen molar-refractivity contribution in [2.24, 2.45) is 23.7 Å². The van der Waals surface area contributed by atoms with E-state index in [0.717, 1.165) is 29.7 Å². The molecule has 1 aliphatic heterocycles. The molecule has 2 aliphatic rings. The largest absolute Gasteiger partial charge is 0.317 e. The lowest BCUT2D eigenvalue weighted by Gasteiger charge is -2.42. The fourth-order valence-electron chi connectivity index (χ4n) is 4.89. The monoisotopic (exact) mass is 280 g/mol. The highest BCUT2D eigenvalue weighted by atomic mass is 15.1. The minimum absolute atomic E-state index is 0.760. The quantitative estimate of drug-likeness (QED) is 0.824. The Balaban J connectivity index is 1.89. The van der Waals surface area contributed by atoms with E-state index in [2.05, 4.69) is 38.0 Å². The van der Waals surface area contributed by atoms with Crippen LogP contribution >= 0.6 is 0 Å². The third-order valence-corrected chi connectivity index (χ3v) is 5.60. The number of rotatable bonds is 5. The molecule has 0 aromatic rings. The maximum Gasteiger partial charge on any atom is 0.0105 e. The highest BCUT2D eigenvalue weighted by Gasteiger charge is 2.32. The van der Waals surface area contributed by atoms with Gasteiger partial charge in [-0.1, -0.05) is 33.6 Å². The minimum atomic E-state index is 0.760. The molecule has 1 aliphatic carbocycles. The molecule has 20 heavy (non-hydrogen) atoms. The normalized spacial score (nSPS) is 39.9. The van der Waals surface area contributed by atoms with Gasteiger partial charge in [-0.15, -0.1) is 0 Å². The Hall–Kier alpha value is -0.0800. The van der Waals surface area contributed by atoms with Crippen LogP contribution in [0.5, 0.6) is 0 Å². The van der Waals surface area contributed by atoms with Crippen LogP contribution in [0.25, 0.3) is 0 Å². The van der Waals surface area contributed by atoms with Gasteiger partial charge in [-0.3, -0.25) is 0 Å². The Labute approximate surface area is 126 Å². The van der Waals surface area contributed by atoms with Gasteiger partial charge in [0.05, 0.1) is 0 Å². The van der Waals surface area contributed by atoms with E-state index >= 15 is 0 Å². The Kier molecular flexibility index (Phi) is 6.35. The van der Waals surface area contributed by atoms with Crippen molar-refractivity contribution < 1.29 is 0 Å². The summed E-state index contributed by atoms with van der Waals surface area (Å²) in [7, 11) is 2.17. The van der Waals surface area contributed by atoms with E-state index in [0.29, 0.717) is 0 Å². The van der Waals surface area contributed by atoms with E-state index in [1.54, 1.807) is 0 Å². The highest BCUT2D eigenvalue weighted by molar-refractivity contribution is 4.87. The average molecular weight is 281 g/mol. The maximum absolute atomic E-state index is 3.60. The highest BCUT2D eigenvalue weighted by Crippen LogP contribution is 2.33. The van der Waals surface area contributed by atoms with Crippen LogP contribution in [0.2, 0.25) is 0 Å². The lowest BCUT2D eigenvalue weighted by molar-refractivity contribution is 0.0877. The molecule has 1 N–H and O–H groups in total. The first-order valence-electron chi connectivity index (χ1n) is 9.01. The van der Waals surface area contributed by atoms with Gasteiger partial charge in [-0.25, -0.2) is 0 Å². The molecule has 0 radical (unpaired) electrons. The zero-order chi connectivity index (χ0) is 14.5. The molecule has 5 unspecified atom stereocenters. The molecule has 2 rings (SSSR count). The average Bonchev–Trinajstić information content (AvgIpc) is 2.38. The third-order valence-electron chi connectivity index (χ3n) is 5.60. The van der Waals surface area contributed by atoms with Gasteiger partial charge in [0.25, 0.3) is 0 Å². The first-order chi connectivity index (χ1) is 9.62. The van der Waals surface area contributed by atoms with E-state index in [1.165, 1.54) is 58.2 Å². The SMILES string of the molecule is CCCC1CCC(NC)C(CN2CC(C)CC(C)C2)C1. The molecule has 0 spiro atoms. The number of hydrogen-bond acceptors (Lipinski definition) is 2. The van der Waals surface area contributed by atoms with E-state index < -0.39 is 0 Å². The maximum atomic E-state index is 3.60.